The van der Waals surface area contributed by atoms with Gasteiger partial charge in [0.05, 0.1) is 0 Å². The molecule has 0 rings (SSSR count). The Bertz CT molecular complexity index is 303. The standard InChI is InChI=1S/C15H31N3O2/c1-7-18(14(19)11-13(4)12(2)3)15(20)16-9-8-10-17(5)6/h12-13H,7-11H2,1-6H3,(H,16,20)/t13-/m1/s1. The lowest BCUT2D eigenvalue weighted by Gasteiger charge is -2.23. The maximum atomic E-state index is 12.1. The van der Waals surface area contributed by atoms with E-state index in [1.165, 1.54) is 4.90 Å². The predicted octanol–water partition coefficient (Wildman–Crippen LogP) is 2.18. The Hall–Kier alpha value is -1.10. The topological polar surface area (TPSA) is 52.7 Å². The van der Waals surface area contributed by atoms with Gasteiger partial charge in [-0.2, -0.15) is 0 Å². The van der Waals surface area contributed by atoms with Crippen molar-refractivity contribution in [1.82, 2.24) is 15.1 Å². The van der Waals surface area contributed by atoms with Crippen molar-refractivity contribution in [2.24, 2.45) is 11.8 Å². The highest BCUT2D eigenvalue weighted by Gasteiger charge is 2.22. The third-order valence-corrected chi connectivity index (χ3v) is 3.56. The van der Waals surface area contributed by atoms with Crippen LogP contribution in [0.1, 0.15) is 40.5 Å². The SMILES string of the molecule is CCN(C(=O)C[C@@H](C)C(C)C)C(=O)NCCCN(C)C. The van der Waals surface area contributed by atoms with Crippen LogP contribution in [0.2, 0.25) is 0 Å². The van der Waals surface area contributed by atoms with Crippen LogP contribution in [-0.4, -0.2) is 55.5 Å². The van der Waals surface area contributed by atoms with E-state index in [9.17, 15) is 9.59 Å². The van der Waals surface area contributed by atoms with E-state index in [-0.39, 0.29) is 17.9 Å². The second-order valence-corrected chi connectivity index (χ2v) is 5.95. The minimum Gasteiger partial charge on any atom is -0.338 e. The Balaban J connectivity index is 4.22. The summed E-state index contributed by atoms with van der Waals surface area (Å²) in [5.41, 5.74) is 0. The van der Waals surface area contributed by atoms with Gasteiger partial charge in [-0.15, -0.1) is 0 Å². The fraction of sp³-hybridized carbons (Fsp3) is 0.867. The molecule has 0 fully saturated rings. The quantitative estimate of drug-likeness (QED) is 0.695. The zero-order valence-corrected chi connectivity index (χ0v) is 13.9. The van der Waals surface area contributed by atoms with Crippen LogP contribution in [0.15, 0.2) is 0 Å². The highest BCUT2D eigenvalue weighted by atomic mass is 16.2. The van der Waals surface area contributed by atoms with Crippen molar-refractivity contribution in [3.05, 3.63) is 0 Å². The van der Waals surface area contributed by atoms with Gasteiger partial charge in [-0.25, -0.2) is 4.79 Å². The van der Waals surface area contributed by atoms with Crippen molar-refractivity contribution in [3.8, 4) is 0 Å². The first-order valence-corrected chi connectivity index (χ1v) is 7.52. The number of imide groups is 1. The summed E-state index contributed by atoms with van der Waals surface area (Å²) < 4.78 is 0. The predicted molar refractivity (Wildman–Crippen MR) is 82.6 cm³/mol. The Labute approximate surface area is 123 Å². The second-order valence-electron chi connectivity index (χ2n) is 5.95. The fourth-order valence-corrected chi connectivity index (χ4v) is 1.74. The van der Waals surface area contributed by atoms with Crippen molar-refractivity contribution >= 4 is 11.9 Å². The molecule has 0 aliphatic carbocycles. The van der Waals surface area contributed by atoms with Crippen molar-refractivity contribution < 1.29 is 9.59 Å². The molecule has 20 heavy (non-hydrogen) atoms. The average molecular weight is 285 g/mol. The number of amides is 3. The van der Waals surface area contributed by atoms with Crippen LogP contribution in [-0.2, 0) is 4.79 Å². The molecule has 1 atom stereocenters. The first-order chi connectivity index (χ1) is 9.29. The summed E-state index contributed by atoms with van der Waals surface area (Å²) in [5, 5.41) is 2.81. The molecular weight excluding hydrogens is 254 g/mol. The summed E-state index contributed by atoms with van der Waals surface area (Å²) in [6, 6.07) is -0.271. The molecule has 1 N–H and O–H groups in total. The normalized spacial score (nSPS) is 12.6. The maximum Gasteiger partial charge on any atom is 0.324 e. The number of hydrogen-bond acceptors (Lipinski definition) is 3. The summed E-state index contributed by atoms with van der Waals surface area (Å²) in [6.45, 7) is 10.0. The molecule has 3 amide bonds. The third-order valence-electron chi connectivity index (χ3n) is 3.56. The Kier molecular flexibility index (Phi) is 9.21. The molecule has 0 saturated carbocycles. The number of nitrogens with one attached hydrogen (secondary N) is 1. The van der Waals surface area contributed by atoms with Crippen LogP contribution in [0, 0.1) is 11.8 Å². The molecule has 0 saturated heterocycles. The van der Waals surface area contributed by atoms with Crippen LogP contribution in [0.25, 0.3) is 0 Å². The molecule has 0 unspecified atom stereocenters. The summed E-state index contributed by atoms with van der Waals surface area (Å²) in [6.07, 6.45) is 1.31. The van der Waals surface area contributed by atoms with Gasteiger partial charge in [0, 0.05) is 19.5 Å². The highest BCUT2D eigenvalue weighted by Crippen LogP contribution is 2.15. The van der Waals surface area contributed by atoms with Gasteiger partial charge in [-0.3, -0.25) is 9.69 Å². The first kappa shape index (κ1) is 18.9. The van der Waals surface area contributed by atoms with Gasteiger partial charge in [0.15, 0.2) is 0 Å². The fourth-order valence-electron chi connectivity index (χ4n) is 1.74. The smallest absolute Gasteiger partial charge is 0.324 e. The van der Waals surface area contributed by atoms with Crippen molar-refractivity contribution in [2.45, 2.75) is 40.5 Å². The molecule has 0 aromatic rings. The molecular formula is C15H31N3O2. The number of carbonyl (C=O) groups excluding carboxylic acids is 2. The monoisotopic (exact) mass is 285 g/mol. The molecule has 5 heteroatoms. The largest absolute Gasteiger partial charge is 0.338 e. The van der Waals surface area contributed by atoms with Gasteiger partial charge < -0.3 is 10.2 Å². The van der Waals surface area contributed by atoms with E-state index >= 15 is 0 Å². The highest BCUT2D eigenvalue weighted by molar-refractivity contribution is 5.94. The van der Waals surface area contributed by atoms with Gasteiger partial charge in [0.1, 0.15) is 0 Å². The van der Waals surface area contributed by atoms with E-state index in [1.54, 1.807) is 0 Å². The van der Waals surface area contributed by atoms with Crippen LogP contribution >= 0.6 is 0 Å². The molecule has 0 aromatic carbocycles. The zero-order chi connectivity index (χ0) is 15.7. The summed E-state index contributed by atoms with van der Waals surface area (Å²) in [4.78, 5) is 27.5. The maximum absolute atomic E-state index is 12.1. The van der Waals surface area contributed by atoms with Crippen molar-refractivity contribution in [1.29, 1.82) is 0 Å². The lowest BCUT2D eigenvalue weighted by atomic mass is 9.94. The van der Waals surface area contributed by atoms with Gasteiger partial charge >= 0.3 is 6.03 Å². The molecule has 0 aromatic heterocycles. The van der Waals surface area contributed by atoms with Crippen LogP contribution in [0.4, 0.5) is 4.79 Å². The van der Waals surface area contributed by atoms with Crippen molar-refractivity contribution in [3.63, 3.8) is 0 Å². The van der Waals surface area contributed by atoms with E-state index in [2.05, 4.69) is 24.1 Å². The van der Waals surface area contributed by atoms with E-state index in [4.69, 9.17) is 0 Å². The summed E-state index contributed by atoms with van der Waals surface area (Å²) in [7, 11) is 3.99. The van der Waals surface area contributed by atoms with Crippen LogP contribution in [0.5, 0.6) is 0 Å². The Morgan fingerprint density at radius 2 is 1.75 bits per heavy atom. The van der Waals surface area contributed by atoms with Gasteiger partial charge in [-0.1, -0.05) is 20.8 Å². The van der Waals surface area contributed by atoms with Gasteiger partial charge in [0.2, 0.25) is 5.91 Å². The Morgan fingerprint density at radius 1 is 1.15 bits per heavy atom. The molecule has 0 aliphatic heterocycles. The van der Waals surface area contributed by atoms with Gasteiger partial charge in [0.25, 0.3) is 0 Å². The lowest BCUT2D eigenvalue weighted by Crippen LogP contribution is -2.44. The molecule has 0 radical (unpaired) electrons. The second kappa shape index (κ2) is 9.75. The number of carbonyl (C=O) groups is 2. The molecule has 118 valence electrons. The zero-order valence-electron chi connectivity index (χ0n) is 13.9. The number of nitrogens with zero attached hydrogens (tertiary/aromatic N) is 2. The van der Waals surface area contributed by atoms with Crippen molar-refractivity contribution in [2.75, 3.05) is 33.7 Å². The van der Waals surface area contributed by atoms with E-state index in [1.807, 2.05) is 27.9 Å². The molecule has 0 bridgehead atoms. The lowest BCUT2D eigenvalue weighted by molar-refractivity contribution is -0.129. The number of rotatable bonds is 8. The summed E-state index contributed by atoms with van der Waals surface area (Å²) in [5.74, 6) is 0.651. The average Bonchev–Trinajstić information content (AvgIpc) is 2.35. The van der Waals surface area contributed by atoms with E-state index in [0.29, 0.717) is 25.4 Å². The third kappa shape index (κ3) is 7.48. The Morgan fingerprint density at radius 3 is 2.20 bits per heavy atom. The molecule has 0 heterocycles. The first-order valence-electron chi connectivity index (χ1n) is 7.52. The molecule has 0 aliphatic rings. The molecule has 5 nitrogen and oxygen atoms in total. The van der Waals surface area contributed by atoms with Crippen LogP contribution in [0.3, 0.4) is 0 Å². The van der Waals surface area contributed by atoms with E-state index < -0.39 is 0 Å². The number of urea groups is 1. The van der Waals surface area contributed by atoms with Crippen LogP contribution < -0.4 is 5.32 Å². The van der Waals surface area contributed by atoms with E-state index in [0.717, 1.165) is 13.0 Å². The summed E-state index contributed by atoms with van der Waals surface area (Å²) >= 11 is 0. The molecule has 0 spiro atoms. The number of hydrogen-bond donors (Lipinski definition) is 1. The minimum absolute atomic E-state index is 0.0844. The van der Waals surface area contributed by atoms with Gasteiger partial charge in [-0.05, 0) is 45.8 Å². The minimum atomic E-state index is -0.271.